The summed E-state index contributed by atoms with van der Waals surface area (Å²) in [6.07, 6.45) is 29.7. The molecule has 0 bridgehead atoms. The van der Waals surface area contributed by atoms with Crippen LogP contribution in [0.1, 0.15) is 225 Å². The molecule has 528 valence electrons. The van der Waals surface area contributed by atoms with Gasteiger partial charge in [-0.15, -0.1) is 0 Å². The van der Waals surface area contributed by atoms with E-state index in [1.54, 1.807) is 6.92 Å². The lowest BCUT2D eigenvalue weighted by Gasteiger charge is -2.47. The molecule has 0 radical (unpaired) electrons. The van der Waals surface area contributed by atoms with Gasteiger partial charge in [-0.1, -0.05) is 128 Å². The van der Waals surface area contributed by atoms with Crippen molar-refractivity contribution in [3.63, 3.8) is 0 Å². The largest absolute Gasteiger partial charge is 0.483 e. The molecular weight excluding hydrogens is 1230 g/mol. The second-order valence-electron chi connectivity index (χ2n) is 25.6. The highest BCUT2D eigenvalue weighted by Gasteiger charge is 2.55. The van der Waals surface area contributed by atoms with E-state index in [1.807, 2.05) is 0 Å². The van der Waals surface area contributed by atoms with Gasteiger partial charge in [0.25, 0.3) is 0 Å². The molecule has 12 atom stereocenters. The van der Waals surface area contributed by atoms with Crippen molar-refractivity contribution in [2.45, 2.75) is 287 Å². The molecule has 22 heteroatoms. The Morgan fingerprint density at radius 1 is 0.430 bits per heavy atom. The van der Waals surface area contributed by atoms with Crippen molar-refractivity contribution in [1.29, 1.82) is 0 Å². The first kappa shape index (κ1) is 84.6. The van der Waals surface area contributed by atoms with Crippen LogP contribution in [0.2, 0.25) is 0 Å². The van der Waals surface area contributed by atoms with Gasteiger partial charge in [0.2, 0.25) is 11.8 Å². The van der Waals surface area contributed by atoms with Gasteiger partial charge in [0.15, 0.2) is 18.7 Å². The van der Waals surface area contributed by atoms with Gasteiger partial charge in [-0.05, 0) is 212 Å². The fourth-order valence-electron chi connectivity index (χ4n) is 10.5. The highest BCUT2D eigenvalue weighted by Crippen LogP contribution is 2.61. The minimum Gasteiger partial charge on any atom is -0.479 e. The van der Waals surface area contributed by atoms with Crippen LogP contribution in [0.15, 0.2) is 128 Å². The van der Waals surface area contributed by atoms with E-state index in [4.69, 9.17) is 23.3 Å². The average Bonchev–Trinajstić information content (AvgIpc) is 0.777. The molecule has 0 spiro atoms. The Hall–Kier alpha value is -4.47. The lowest BCUT2D eigenvalue weighted by atomic mass is 9.94. The molecule has 2 saturated heterocycles. The Balaban J connectivity index is 1.74. The molecule has 2 fully saturated rings. The van der Waals surface area contributed by atoms with E-state index in [0.717, 1.165) is 135 Å². The molecule has 0 aromatic rings. The molecule has 2 amide bonds. The SMILES string of the molecule is CC(=O)N[C@@H]1[C@@H](O[C@H]2[C@H](O)[C@@H](CO)O[C@H](OP(=O)(O)OP(=O)(O)OC/C=C(\C)CC/C=C(\C)CC/C=C(\C)CC/C=C(\C)CC/C=C(\C)CC/C=C(\C)CC/C=C(\C)CC/C=C(\C)CC/C=C(\C)CC/C=C(\C)CCC=C(C)C)[C@@H]2NC(C)=O)O[C@H](C(=O)O)[C@@H](O)[C@@H]1O. The first-order chi connectivity index (χ1) is 43.7. The number of carboxylic acid groups (broad SMARTS) is 1. The third kappa shape index (κ3) is 37.0. The zero-order chi connectivity index (χ0) is 69.8. The molecular formula is C71H116N2O18P2. The number of aliphatic hydroxyl groups excluding tert-OH is 4. The van der Waals surface area contributed by atoms with Crippen LogP contribution in [0.3, 0.4) is 0 Å². The number of phosphoric acid groups is 2. The number of aliphatic hydroxyl groups is 4. The van der Waals surface area contributed by atoms with Crippen molar-refractivity contribution in [3.05, 3.63) is 128 Å². The van der Waals surface area contributed by atoms with Gasteiger partial charge in [0.1, 0.15) is 42.6 Å². The van der Waals surface area contributed by atoms with E-state index in [1.165, 1.54) is 61.8 Å². The van der Waals surface area contributed by atoms with Gasteiger partial charge in [-0.2, -0.15) is 4.31 Å². The molecule has 2 aliphatic heterocycles. The number of rotatable bonds is 43. The number of nitrogens with one attached hydrogen (secondary N) is 2. The molecule has 2 heterocycles. The molecule has 2 rings (SSSR count). The second-order valence-corrected chi connectivity index (χ2v) is 28.6. The lowest BCUT2D eigenvalue weighted by molar-refractivity contribution is -0.317. The smallest absolute Gasteiger partial charge is 0.479 e. The van der Waals surface area contributed by atoms with Crippen LogP contribution in [0.25, 0.3) is 0 Å². The lowest BCUT2D eigenvalue weighted by Crippen LogP contribution is -2.70. The number of carbonyl (C=O) groups excluding carboxylic acids is 2. The molecule has 2 unspecified atom stereocenters. The van der Waals surface area contributed by atoms with Gasteiger partial charge in [-0.25, -0.2) is 13.9 Å². The van der Waals surface area contributed by atoms with Crippen molar-refractivity contribution in [1.82, 2.24) is 10.6 Å². The summed E-state index contributed by atoms with van der Waals surface area (Å²) in [5, 5.41) is 56.4. The summed E-state index contributed by atoms with van der Waals surface area (Å²) in [5.41, 5.74) is 15.0. The predicted octanol–water partition coefficient (Wildman–Crippen LogP) is 14.5. The highest BCUT2D eigenvalue weighted by molar-refractivity contribution is 7.61. The summed E-state index contributed by atoms with van der Waals surface area (Å²) in [5.74, 6) is -3.42. The number of carboxylic acids is 1. The normalized spacial score (nSPS) is 24.9. The second kappa shape index (κ2) is 45.1. The summed E-state index contributed by atoms with van der Waals surface area (Å²) in [7, 11) is -11.1. The van der Waals surface area contributed by atoms with Gasteiger partial charge >= 0.3 is 21.6 Å². The number of hydrogen-bond acceptors (Lipinski definition) is 15. The van der Waals surface area contributed by atoms with Crippen molar-refractivity contribution >= 4 is 33.4 Å². The number of hydrogen-bond donors (Lipinski definition) is 9. The molecule has 0 saturated carbocycles. The Morgan fingerprint density at radius 3 is 1.06 bits per heavy atom. The fraction of sp³-hybridized carbons (Fsp3) is 0.648. The topological polar surface area (TPSA) is 306 Å². The predicted molar refractivity (Wildman–Crippen MR) is 367 cm³/mol. The van der Waals surface area contributed by atoms with Crippen LogP contribution < -0.4 is 10.6 Å². The Kier molecular flexibility index (Phi) is 41.0. The Bertz CT molecular complexity index is 2800. The van der Waals surface area contributed by atoms with Crippen LogP contribution >= 0.6 is 15.6 Å². The maximum atomic E-state index is 13.2. The number of phosphoric ester groups is 2. The number of allylic oxidation sites excluding steroid dienone is 21. The summed E-state index contributed by atoms with van der Waals surface area (Å²) < 4.78 is 57.2. The van der Waals surface area contributed by atoms with Crippen molar-refractivity contribution in [2.24, 2.45) is 0 Å². The summed E-state index contributed by atoms with van der Waals surface area (Å²) in [6, 6.07) is -3.56. The number of amides is 2. The van der Waals surface area contributed by atoms with E-state index < -0.39 is 108 Å². The monoisotopic (exact) mass is 1350 g/mol. The third-order valence-electron chi connectivity index (χ3n) is 16.2. The number of ether oxygens (including phenoxy) is 3. The fourth-order valence-corrected chi connectivity index (χ4v) is 12.6. The number of carbonyl (C=O) groups is 3. The number of aliphatic carboxylic acids is 1. The first-order valence-corrected chi connectivity index (χ1v) is 36.0. The third-order valence-corrected chi connectivity index (χ3v) is 18.8. The maximum Gasteiger partial charge on any atom is 0.483 e. The van der Waals surface area contributed by atoms with E-state index in [2.05, 4.69) is 152 Å². The molecule has 0 aromatic heterocycles. The van der Waals surface area contributed by atoms with Gasteiger partial charge in [0.05, 0.1) is 13.2 Å². The van der Waals surface area contributed by atoms with Crippen LogP contribution in [-0.4, -0.2) is 128 Å². The van der Waals surface area contributed by atoms with E-state index in [-0.39, 0.29) is 0 Å². The van der Waals surface area contributed by atoms with E-state index in [0.29, 0.717) is 12.8 Å². The summed E-state index contributed by atoms with van der Waals surface area (Å²) >= 11 is 0. The highest BCUT2D eigenvalue weighted by atomic mass is 31.3. The summed E-state index contributed by atoms with van der Waals surface area (Å²) in [4.78, 5) is 57.3. The quantitative estimate of drug-likeness (QED) is 0.0202. The van der Waals surface area contributed by atoms with Crippen LogP contribution in [0.4, 0.5) is 0 Å². The van der Waals surface area contributed by atoms with Gasteiger partial charge in [-0.3, -0.25) is 18.6 Å². The zero-order valence-corrected chi connectivity index (χ0v) is 60.0. The standard InChI is InChI=1S/C71H116N2O18P2/c1-48(2)25-15-26-49(3)27-16-28-50(4)29-17-30-51(5)31-18-32-52(6)33-19-34-53(7)35-20-36-54(8)37-21-38-55(9)39-22-40-56(10)41-23-42-57(11)43-24-44-58(12)45-46-86-92(82,83)91-93(84,85)90-71-63(73-60(14)76)67(64(77)61(47-74)87-71)88-70-62(72-59(13)75)65(78)66(79)68(89-70)69(80)81/h25,27,29,31,33,35,37,39,41,43,45,61-68,70-71,74,77-79H,15-24,26,28,30,32,34,36,38,40,42,44,46-47H2,1-14H3,(H,72,75)(H,73,76)(H,80,81)(H,82,83)(H,84,85)/b49-27+,50-29+,51-31+,52-33+,53-35+,54-37+,55-39+,56-41+,57-43+,58-45+/t61-,62+,63-,64-,65-,66+,67-,68+,70+,71-/m1/s1. The molecule has 93 heavy (non-hydrogen) atoms. The Labute approximate surface area is 556 Å². The van der Waals surface area contributed by atoms with E-state index in [9.17, 15) is 58.8 Å². The molecule has 2 aliphatic rings. The molecule has 9 N–H and O–H groups in total. The van der Waals surface area contributed by atoms with Crippen LogP contribution in [0, 0.1) is 0 Å². The minimum atomic E-state index is -5.72. The zero-order valence-electron chi connectivity index (χ0n) is 58.2. The first-order valence-electron chi connectivity index (χ1n) is 33.0. The average molecular weight is 1350 g/mol. The molecule has 0 aliphatic carbocycles. The molecule has 20 nitrogen and oxygen atoms in total. The van der Waals surface area contributed by atoms with Gasteiger partial charge < -0.3 is 60.2 Å². The summed E-state index contributed by atoms with van der Waals surface area (Å²) in [6.45, 7) is 26.6. The van der Waals surface area contributed by atoms with Crippen LogP contribution in [-0.2, 0) is 51.1 Å². The Morgan fingerprint density at radius 2 is 0.753 bits per heavy atom. The van der Waals surface area contributed by atoms with Crippen molar-refractivity contribution in [3.8, 4) is 0 Å². The van der Waals surface area contributed by atoms with Crippen molar-refractivity contribution in [2.75, 3.05) is 13.2 Å². The van der Waals surface area contributed by atoms with Crippen LogP contribution in [0.5, 0.6) is 0 Å². The van der Waals surface area contributed by atoms with E-state index >= 15 is 0 Å². The maximum absolute atomic E-state index is 13.2. The van der Waals surface area contributed by atoms with Crippen molar-refractivity contribution < 1.29 is 86.4 Å². The molecule has 0 aromatic carbocycles. The minimum absolute atomic E-state index is 0.512. The van der Waals surface area contributed by atoms with Gasteiger partial charge in [0, 0.05) is 13.8 Å².